The molecule has 0 aromatic carbocycles. The zero-order valence-corrected chi connectivity index (χ0v) is 17.8. The monoisotopic (exact) mass is 322 g/mol. The standard InChI is InChI=1S/C23H46/c1-10-18(7)16-22(17(5)6)15-14-21(12-3)20(9)23(13-4)19(8)11-2/h17-18,20-22H,10-16H2,1-9H3. The molecule has 0 saturated heterocycles. The maximum Gasteiger partial charge on any atom is -0.0201 e. The summed E-state index contributed by atoms with van der Waals surface area (Å²) in [5.41, 5.74) is 3.38. The van der Waals surface area contributed by atoms with Crippen molar-refractivity contribution >= 4 is 0 Å². The molecule has 0 heteroatoms. The highest BCUT2D eigenvalue weighted by atomic mass is 14.3. The maximum atomic E-state index is 2.49. The Balaban J connectivity index is 4.85. The van der Waals surface area contributed by atoms with E-state index in [1.165, 1.54) is 44.9 Å². The summed E-state index contributed by atoms with van der Waals surface area (Å²) in [5.74, 6) is 4.25. The van der Waals surface area contributed by atoms with E-state index >= 15 is 0 Å². The second-order valence-corrected chi connectivity index (χ2v) is 8.30. The van der Waals surface area contributed by atoms with Crippen LogP contribution in [-0.4, -0.2) is 0 Å². The molecule has 4 atom stereocenters. The summed E-state index contributed by atoms with van der Waals surface area (Å²) in [7, 11) is 0. The second-order valence-electron chi connectivity index (χ2n) is 8.30. The van der Waals surface area contributed by atoms with Gasteiger partial charge in [0.05, 0.1) is 0 Å². The molecule has 0 nitrogen and oxygen atoms in total. The van der Waals surface area contributed by atoms with E-state index in [0.29, 0.717) is 0 Å². The molecule has 0 amide bonds. The van der Waals surface area contributed by atoms with Gasteiger partial charge in [0.1, 0.15) is 0 Å². The first-order chi connectivity index (χ1) is 10.8. The van der Waals surface area contributed by atoms with Gasteiger partial charge in [-0.1, -0.05) is 79.4 Å². The molecule has 0 fully saturated rings. The maximum absolute atomic E-state index is 2.49. The molecule has 0 radical (unpaired) electrons. The van der Waals surface area contributed by atoms with Gasteiger partial charge in [-0.25, -0.2) is 0 Å². The van der Waals surface area contributed by atoms with Crippen molar-refractivity contribution in [1.29, 1.82) is 0 Å². The van der Waals surface area contributed by atoms with Crippen LogP contribution in [0.25, 0.3) is 0 Å². The van der Waals surface area contributed by atoms with Crippen LogP contribution in [0.2, 0.25) is 0 Å². The fraction of sp³-hybridized carbons (Fsp3) is 0.913. The predicted molar refractivity (Wildman–Crippen MR) is 108 cm³/mol. The summed E-state index contributed by atoms with van der Waals surface area (Å²) in [6, 6.07) is 0. The summed E-state index contributed by atoms with van der Waals surface area (Å²) < 4.78 is 0. The summed E-state index contributed by atoms with van der Waals surface area (Å²) in [6.07, 6.45) is 9.36. The highest BCUT2D eigenvalue weighted by molar-refractivity contribution is 5.15. The Morgan fingerprint density at radius 1 is 0.739 bits per heavy atom. The molecule has 138 valence electrons. The average Bonchev–Trinajstić information content (AvgIpc) is 2.53. The summed E-state index contributed by atoms with van der Waals surface area (Å²) >= 11 is 0. The van der Waals surface area contributed by atoms with Gasteiger partial charge >= 0.3 is 0 Å². The summed E-state index contributed by atoms with van der Waals surface area (Å²) in [6.45, 7) is 21.5. The minimum Gasteiger partial charge on any atom is -0.0741 e. The van der Waals surface area contributed by atoms with Crippen LogP contribution in [0.15, 0.2) is 11.1 Å². The van der Waals surface area contributed by atoms with Crippen molar-refractivity contribution in [3.05, 3.63) is 11.1 Å². The van der Waals surface area contributed by atoms with Crippen LogP contribution < -0.4 is 0 Å². The molecule has 4 unspecified atom stereocenters. The molecule has 0 rings (SSSR count). The number of allylic oxidation sites excluding steroid dienone is 2. The Morgan fingerprint density at radius 2 is 1.30 bits per heavy atom. The molecule has 0 aliphatic rings. The third-order valence-electron chi connectivity index (χ3n) is 6.49. The zero-order valence-electron chi connectivity index (χ0n) is 17.8. The van der Waals surface area contributed by atoms with Crippen molar-refractivity contribution in [1.82, 2.24) is 0 Å². The van der Waals surface area contributed by atoms with Gasteiger partial charge in [-0.15, -0.1) is 0 Å². The molecule has 0 heterocycles. The van der Waals surface area contributed by atoms with Crippen molar-refractivity contribution in [3.8, 4) is 0 Å². The van der Waals surface area contributed by atoms with E-state index in [9.17, 15) is 0 Å². The van der Waals surface area contributed by atoms with Gasteiger partial charge in [0.25, 0.3) is 0 Å². The number of hydrogen-bond acceptors (Lipinski definition) is 0. The fourth-order valence-corrected chi connectivity index (χ4v) is 4.17. The van der Waals surface area contributed by atoms with Gasteiger partial charge in [0, 0.05) is 0 Å². The van der Waals surface area contributed by atoms with Crippen LogP contribution in [0, 0.1) is 29.6 Å². The van der Waals surface area contributed by atoms with Crippen molar-refractivity contribution in [3.63, 3.8) is 0 Å². The van der Waals surface area contributed by atoms with Crippen LogP contribution in [0.3, 0.4) is 0 Å². The lowest BCUT2D eigenvalue weighted by molar-refractivity contribution is 0.244. The van der Waals surface area contributed by atoms with E-state index in [2.05, 4.69) is 62.3 Å². The normalized spacial score (nSPS) is 18.5. The average molecular weight is 323 g/mol. The third kappa shape index (κ3) is 7.90. The van der Waals surface area contributed by atoms with Gasteiger partial charge in [-0.2, -0.15) is 0 Å². The summed E-state index contributed by atoms with van der Waals surface area (Å²) in [4.78, 5) is 0. The van der Waals surface area contributed by atoms with E-state index < -0.39 is 0 Å². The first-order valence-corrected chi connectivity index (χ1v) is 10.5. The lowest BCUT2D eigenvalue weighted by Crippen LogP contribution is -2.19. The van der Waals surface area contributed by atoms with Crippen LogP contribution in [0.5, 0.6) is 0 Å². The van der Waals surface area contributed by atoms with Crippen molar-refractivity contribution in [2.75, 3.05) is 0 Å². The first kappa shape index (κ1) is 22.7. The van der Waals surface area contributed by atoms with Crippen LogP contribution >= 0.6 is 0 Å². The highest BCUT2D eigenvalue weighted by Gasteiger charge is 2.23. The Labute approximate surface area is 148 Å². The fourth-order valence-electron chi connectivity index (χ4n) is 4.17. The van der Waals surface area contributed by atoms with Gasteiger partial charge in [-0.3, -0.25) is 0 Å². The summed E-state index contributed by atoms with van der Waals surface area (Å²) in [5, 5.41) is 0. The van der Waals surface area contributed by atoms with Crippen LogP contribution in [-0.2, 0) is 0 Å². The zero-order chi connectivity index (χ0) is 18.0. The topological polar surface area (TPSA) is 0 Å². The minimum atomic E-state index is 0.765. The Hall–Kier alpha value is -0.260. The molecule has 0 bridgehead atoms. The Kier molecular flexibility index (Phi) is 12.0. The van der Waals surface area contributed by atoms with Crippen LogP contribution in [0.1, 0.15) is 107 Å². The third-order valence-corrected chi connectivity index (χ3v) is 6.49. The van der Waals surface area contributed by atoms with E-state index in [0.717, 1.165) is 29.6 Å². The number of hydrogen-bond donors (Lipinski definition) is 0. The molecular formula is C23H46. The SMILES string of the molecule is CCC(C)=C(CC)C(C)C(CC)CCC(CC(C)CC)C(C)C. The van der Waals surface area contributed by atoms with Crippen LogP contribution in [0.4, 0.5) is 0 Å². The minimum absolute atomic E-state index is 0.765. The lowest BCUT2D eigenvalue weighted by atomic mass is 9.76. The number of rotatable bonds is 12. The Bertz CT molecular complexity index is 323. The van der Waals surface area contributed by atoms with Crippen molar-refractivity contribution in [2.24, 2.45) is 29.6 Å². The predicted octanol–water partition coefficient (Wildman–Crippen LogP) is 8.27. The molecule has 23 heavy (non-hydrogen) atoms. The molecule has 0 aromatic rings. The molecule has 0 saturated carbocycles. The quantitative estimate of drug-likeness (QED) is 0.317. The van der Waals surface area contributed by atoms with E-state index in [-0.39, 0.29) is 0 Å². The van der Waals surface area contributed by atoms with E-state index in [1.54, 1.807) is 11.1 Å². The Morgan fingerprint density at radius 3 is 1.70 bits per heavy atom. The molecule has 0 aliphatic carbocycles. The van der Waals surface area contributed by atoms with Crippen molar-refractivity contribution in [2.45, 2.75) is 107 Å². The lowest BCUT2D eigenvalue weighted by Gasteiger charge is -2.30. The smallest absolute Gasteiger partial charge is 0.0201 e. The van der Waals surface area contributed by atoms with Crippen molar-refractivity contribution < 1.29 is 0 Å². The highest BCUT2D eigenvalue weighted by Crippen LogP contribution is 2.35. The molecule has 0 aliphatic heterocycles. The van der Waals surface area contributed by atoms with E-state index in [4.69, 9.17) is 0 Å². The van der Waals surface area contributed by atoms with Gasteiger partial charge in [0.15, 0.2) is 0 Å². The molecular weight excluding hydrogens is 276 g/mol. The van der Waals surface area contributed by atoms with Gasteiger partial charge < -0.3 is 0 Å². The molecule has 0 aromatic heterocycles. The first-order valence-electron chi connectivity index (χ1n) is 10.5. The van der Waals surface area contributed by atoms with Gasteiger partial charge in [0.2, 0.25) is 0 Å². The molecule has 0 spiro atoms. The second kappa shape index (κ2) is 12.2. The molecule has 0 N–H and O–H groups in total. The van der Waals surface area contributed by atoms with E-state index in [1.807, 2.05) is 0 Å². The van der Waals surface area contributed by atoms with Gasteiger partial charge in [-0.05, 0) is 68.6 Å². The largest absolute Gasteiger partial charge is 0.0741 e.